The van der Waals surface area contributed by atoms with Gasteiger partial charge in [-0.1, -0.05) is 0 Å². The van der Waals surface area contributed by atoms with Gasteiger partial charge >= 0.3 is 0 Å². The number of aromatic nitrogens is 4. The lowest BCUT2D eigenvalue weighted by molar-refractivity contribution is 0.171. The summed E-state index contributed by atoms with van der Waals surface area (Å²) in [7, 11) is -3.67. The van der Waals surface area contributed by atoms with E-state index in [0.717, 1.165) is 69.9 Å². The van der Waals surface area contributed by atoms with Gasteiger partial charge in [-0.2, -0.15) is 8.42 Å². The van der Waals surface area contributed by atoms with Crippen molar-refractivity contribution in [3.63, 3.8) is 0 Å². The summed E-state index contributed by atoms with van der Waals surface area (Å²) in [5.41, 5.74) is 3.47. The third-order valence-electron chi connectivity index (χ3n) is 7.15. The number of rotatable bonds is 5. The first kappa shape index (κ1) is 36.7. The Hall–Kier alpha value is -3.29. The number of aryl methyl sites for hydroxylation is 1. The van der Waals surface area contributed by atoms with E-state index < -0.39 is 10.1 Å². The van der Waals surface area contributed by atoms with E-state index in [-0.39, 0.29) is 39.1 Å². The molecule has 3 aromatic heterocycles. The Kier molecular flexibility index (Phi) is 13.3. The molecule has 0 unspecified atom stereocenters. The number of fused-ring (bicyclic) bond motifs is 1. The molecule has 1 saturated heterocycles. The molecule has 42 heavy (non-hydrogen) atoms. The normalized spacial score (nSPS) is 17.6. The van der Waals surface area contributed by atoms with Gasteiger partial charge in [-0.05, 0) is 56.5 Å². The zero-order chi connectivity index (χ0) is 26.9. The Morgan fingerprint density at radius 3 is 2.43 bits per heavy atom. The van der Waals surface area contributed by atoms with Crippen molar-refractivity contribution in [2.75, 3.05) is 32.5 Å². The van der Waals surface area contributed by atoms with Gasteiger partial charge in [0.1, 0.15) is 16.9 Å². The van der Waals surface area contributed by atoms with Gasteiger partial charge in [-0.25, -0.2) is 4.98 Å². The van der Waals surface area contributed by atoms with E-state index >= 15 is 0 Å². The van der Waals surface area contributed by atoms with Gasteiger partial charge < -0.3 is 36.9 Å². The van der Waals surface area contributed by atoms with Crippen molar-refractivity contribution in [1.29, 1.82) is 0 Å². The molecule has 1 fully saturated rings. The van der Waals surface area contributed by atoms with Crippen LogP contribution < -0.4 is 21.2 Å². The molecule has 1 atom stereocenters. The van der Waals surface area contributed by atoms with Crippen LogP contribution in [-0.2, 0) is 29.6 Å². The van der Waals surface area contributed by atoms with Crippen LogP contribution in [0.15, 0.2) is 40.2 Å². The minimum atomic E-state index is -3.67. The van der Waals surface area contributed by atoms with E-state index in [0.29, 0.717) is 30.0 Å². The van der Waals surface area contributed by atoms with Crippen LogP contribution in [0.3, 0.4) is 0 Å². The summed E-state index contributed by atoms with van der Waals surface area (Å²) in [6.07, 6.45) is 8.17. The lowest BCUT2D eigenvalue weighted by Crippen LogP contribution is -2.44. The van der Waals surface area contributed by atoms with Crippen molar-refractivity contribution in [1.82, 2.24) is 29.3 Å². The molecule has 6 rings (SSSR count). The minimum Gasteiger partial charge on any atom is -0.492 e. The van der Waals surface area contributed by atoms with Crippen LogP contribution in [0.25, 0.3) is 11.2 Å². The maximum atomic E-state index is 12.6. The molecular formula is C25H40N6O10S. The number of ether oxygens (including phenoxy) is 1. The Morgan fingerprint density at radius 2 is 1.74 bits per heavy atom. The first-order valence-corrected chi connectivity index (χ1v) is 14.6. The molecule has 6 heterocycles. The SMILES string of the molecule is CS(=O)(=O)O.O.O.O.O.O=c1ccc2ncc(=O)n3c2n1C[C@H]3CN1CCC(NCc2cc3c(cn2)OCCC3)CC1. The highest BCUT2D eigenvalue weighted by Gasteiger charge is 2.29. The zero-order valence-electron chi connectivity index (χ0n) is 23.2. The molecule has 0 amide bonds. The highest BCUT2D eigenvalue weighted by atomic mass is 32.2. The number of hydrogen-bond acceptors (Lipinski definition) is 9. The zero-order valence-corrected chi connectivity index (χ0v) is 24.1. The fourth-order valence-corrected chi connectivity index (χ4v) is 5.43. The minimum absolute atomic E-state index is 0. The average molecular weight is 617 g/mol. The van der Waals surface area contributed by atoms with E-state index in [1.165, 1.54) is 17.8 Å². The molecule has 0 spiro atoms. The van der Waals surface area contributed by atoms with E-state index in [2.05, 4.69) is 26.3 Å². The Morgan fingerprint density at radius 1 is 1.05 bits per heavy atom. The van der Waals surface area contributed by atoms with E-state index in [9.17, 15) is 18.0 Å². The Labute approximate surface area is 241 Å². The van der Waals surface area contributed by atoms with Gasteiger partial charge in [0.15, 0.2) is 0 Å². The van der Waals surface area contributed by atoms with Crippen molar-refractivity contribution in [2.24, 2.45) is 0 Å². The molecule has 3 aromatic rings. The van der Waals surface area contributed by atoms with E-state index in [1.807, 2.05) is 6.20 Å². The molecule has 236 valence electrons. The standard InChI is InChI=1S/C24H28N6O3.CH4O3S.4H2O/c31-22-4-3-20-24-29(22)15-19(30(24)23(32)13-27-20)14-28-7-5-17(6-8-28)25-11-18-10-16-2-1-9-33-21(16)12-26-18;1-5(2,3)4;;;;/h3-4,10,12-13,17,19,25H,1-2,5-9,11,14-15H2;1H3,(H,2,3,4);4*1H2/t19-;;;;;/m1...../s1. The first-order valence-electron chi connectivity index (χ1n) is 12.8. The van der Waals surface area contributed by atoms with Gasteiger partial charge in [0.2, 0.25) is 0 Å². The summed E-state index contributed by atoms with van der Waals surface area (Å²) >= 11 is 0. The maximum absolute atomic E-state index is 12.6. The lowest BCUT2D eigenvalue weighted by atomic mass is 10.0. The van der Waals surface area contributed by atoms with E-state index in [1.54, 1.807) is 15.2 Å². The molecule has 3 aliphatic heterocycles. The third-order valence-corrected chi connectivity index (χ3v) is 7.15. The molecule has 0 bridgehead atoms. The molecule has 0 radical (unpaired) electrons. The fraction of sp³-hybridized carbons (Fsp3) is 0.520. The number of nitrogens with one attached hydrogen (secondary N) is 1. The number of piperidine rings is 1. The number of nitrogens with zero attached hydrogens (tertiary/aromatic N) is 5. The van der Waals surface area contributed by atoms with Crippen molar-refractivity contribution in [2.45, 2.75) is 50.9 Å². The van der Waals surface area contributed by atoms with Crippen LogP contribution in [0.4, 0.5) is 0 Å². The van der Waals surface area contributed by atoms with Gasteiger partial charge in [0.05, 0.1) is 37.0 Å². The number of likely N-dealkylation sites (tertiary alicyclic amines) is 1. The van der Waals surface area contributed by atoms with Gasteiger partial charge in [0, 0.05) is 31.7 Å². The molecule has 16 nitrogen and oxygen atoms in total. The summed E-state index contributed by atoms with van der Waals surface area (Å²) in [6, 6.07) is 5.82. The summed E-state index contributed by atoms with van der Waals surface area (Å²) in [6.45, 7) is 4.78. The van der Waals surface area contributed by atoms with Crippen LogP contribution in [0.5, 0.6) is 5.75 Å². The second-order valence-corrected chi connectivity index (χ2v) is 11.5. The monoisotopic (exact) mass is 616 g/mol. The summed E-state index contributed by atoms with van der Waals surface area (Å²) in [5.74, 6) is 0.931. The number of hydrogen-bond donors (Lipinski definition) is 2. The number of pyridine rings is 2. The predicted molar refractivity (Wildman–Crippen MR) is 156 cm³/mol. The van der Waals surface area contributed by atoms with Gasteiger partial charge in [-0.3, -0.25) is 28.3 Å². The third kappa shape index (κ3) is 8.62. The quantitative estimate of drug-likeness (QED) is 0.280. The highest BCUT2D eigenvalue weighted by Crippen LogP contribution is 2.25. The van der Waals surface area contributed by atoms with Crippen LogP contribution in [-0.4, -0.2) is 97.4 Å². The smallest absolute Gasteiger partial charge is 0.270 e. The second kappa shape index (κ2) is 15.3. The predicted octanol–water partition coefficient (Wildman–Crippen LogP) is -2.71. The van der Waals surface area contributed by atoms with Crippen LogP contribution in [0.2, 0.25) is 0 Å². The van der Waals surface area contributed by atoms with Crippen molar-refractivity contribution < 1.29 is 39.6 Å². The maximum Gasteiger partial charge on any atom is 0.270 e. The fourth-order valence-electron chi connectivity index (χ4n) is 5.43. The van der Waals surface area contributed by atoms with Crippen LogP contribution in [0.1, 0.15) is 36.6 Å². The molecule has 3 aliphatic rings. The molecule has 0 aromatic carbocycles. The van der Waals surface area contributed by atoms with Crippen molar-refractivity contribution in [3.8, 4) is 5.75 Å². The summed E-state index contributed by atoms with van der Waals surface area (Å²) < 4.78 is 35.0. The largest absolute Gasteiger partial charge is 0.492 e. The van der Waals surface area contributed by atoms with Crippen LogP contribution >= 0.6 is 0 Å². The van der Waals surface area contributed by atoms with Crippen molar-refractivity contribution in [3.05, 3.63) is 62.6 Å². The topological polar surface area (TPSA) is 275 Å². The van der Waals surface area contributed by atoms with Gasteiger partial charge in [-0.15, -0.1) is 0 Å². The lowest BCUT2D eigenvalue weighted by Gasteiger charge is -2.34. The molecule has 10 N–H and O–H groups in total. The molecule has 0 aliphatic carbocycles. The summed E-state index contributed by atoms with van der Waals surface area (Å²) in [5, 5.41) is 3.67. The molecular weight excluding hydrogens is 576 g/mol. The second-order valence-electron chi connectivity index (χ2n) is 10.0. The average Bonchev–Trinajstić information content (AvgIpc) is 3.27. The first-order chi connectivity index (χ1) is 18.2. The van der Waals surface area contributed by atoms with Gasteiger partial charge in [0.25, 0.3) is 21.2 Å². The Bertz CT molecular complexity index is 1540. The van der Waals surface area contributed by atoms with Crippen molar-refractivity contribution >= 4 is 21.3 Å². The van der Waals surface area contributed by atoms with E-state index in [4.69, 9.17) is 9.29 Å². The molecule has 0 saturated carbocycles. The molecule has 17 heteroatoms. The summed E-state index contributed by atoms with van der Waals surface area (Å²) in [4.78, 5) is 36.1. The Balaban J connectivity index is 0.000000909. The van der Waals surface area contributed by atoms with Crippen LogP contribution in [0, 0.1) is 0 Å². The highest BCUT2D eigenvalue weighted by molar-refractivity contribution is 7.85.